The number of halogens is 1. The molecule has 3 heterocycles. The zero-order valence-electron chi connectivity index (χ0n) is 15.3. The van der Waals surface area contributed by atoms with E-state index in [1.165, 1.54) is 10.8 Å². The van der Waals surface area contributed by atoms with Crippen molar-refractivity contribution in [2.24, 2.45) is 4.99 Å². The van der Waals surface area contributed by atoms with Crippen molar-refractivity contribution in [3.05, 3.63) is 57.5 Å². The number of ether oxygens (including phenoxy) is 1. The third-order valence-electron chi connectivity index (χ3n) is 4.83. The molecule has 1 aromatic heterocycles. The Bertz CT molecular complexity index is 1130. The van der Waals surface area contributed by atoms with Gasteiger partial charge in [-0.15, -0.1) is 0 Å². The standard InChI is InChI=1S/C19H18ClN3O4S/c1-11-3-5-13(6-4-11)18-21-16(19(24)27-18)9-15-12(2)22-23(17(15)20)14-7-8-28(25,26)10-14/h3-6,9,14H,7-8,10H2,1-2H3. The molecule has 1 atom stereocenters. The van der Waals surface area contributed by atoms with Crippen LogP contribution in [0.1, 0.15) is 34.8 Å². The number of cyclic esters (lactones) is 1. The average Bonchev–Trinajstić information content (AvgIpc) is 3.27. The SMILES string of the molecule is Cc1ccc(C2=NC(=Cc3c(C)nn(C4CCS(=O)(=O)C4)c3Cl)C(=O)O2)cc1. The van der Waals surface area contributed by atoms with Crippen LogP contribution in [-0.4, -0.2) is 41.6 Å². The molecule has 1 unspecified atom stereocenters. The molecule has 0 bridgehead atoms. The molecule has 1 saturated heterocycles. The number of rotatable bonds is 3. The van der Waals surface area contributed by atoms with E-state index in [0.29, 0.717) is 28.4 Å². The molecule has 0 aliphatic carbocycles. The summed E-state index contributed by atoms with van der Waals surface area (Å²) in [5.74, 6) is -0.192. The zero-order chi connectivity index (χ0) is 20.1. The van der Waals surface area contributed by atoms with E-state index < -0.39 is 15.8 Å². The third kappa shape index (κ3) is 3.49. The van der Waals surface area contributed by atoms with Crippen LogP contribution < -0.4 is 0 Å². The molecule has 2 aliphatic rings. The van der Waals surface area contributed by atoms with Crippen molar-refractivity contribution in [1.29, 1.82) is 0 Å². The number of hydrogen-bond acceptors (Lipinski definition) is 6. The molecule has 0 N–H and O–H groups in total. The van der Waals surface area contributed by atoms with Gasteiger partial charge in [-0.3, -0.25) is 0 Å². The van der Waals surface area contributed by atoms with Crippen molar-refractivity contribution >= 4 is 39.4 Å². The van der Waals surface area contributed by atoms with Gasteiger partial charge >= 0.3 is 5.97 Å². The van der Waals surface area contributed by atoms with Gasteiger partial charge in [0.05, 0.1) is 23.2 Å². The van der Waals surface area contributed by atoms with Crippen LogP contribution in [0.3, 0.4) is 0 Å². The number of nitrogens with zero attached hydrogens (tertiary/aromatic N) is 3. The number of aromatic nitrogens is 2. The fourth-order valence-corrected chi connectivity index (χ4v) is 5.33. The minimum Gasteiger partial charge on any atom is -0.402 e. The first-order valence-corrected chi connectivity index (χ1v) is 11.0. The molecule has 28 heavy (non-hydrogen) atoms. The fraction of sp³-hybridized carbons (Fsp3) is 0.316. The van der Waals surface area contributed by atoms with Crippen molar-refractivity contribution in [2.75, 3.05) is 11.5 Å². The fourth-order valence-electron chi connectivity index (χ4n) is 3.27. The summed E-state index contributed by atoms with van der Waals surface area (Å²) in [6.45, 7) is 3.72. The first-order valence-electron chi connectivity index (χ1n) is 8.78. The smallest absolute Gasteiger partial charge is 0.363 e. The Balaban J connectivity index is 1.67. The van der Waals surface area contributed by atoms with E-state index in [4.69, 9.17) is 16.3 Å². The summed E-state index contributed by atoms with van der Waals surface area (Å²) < 4.78 is 30.3. The normalized spacial score (nSPS) is 22.5. The second-order valence-corrected chi connectivity index (χ2v) is 9.58. The zero-order valence-corrected chi connectivity index (χ0v) is 16.9. The Morgan fingerprint density at radius 3 is 2.61 bits per heavy atom. The van der Waals surface area contributed by atoms with Gasteiger partial charge in [-0.1, -0.05) is 29.3 Å². The van der Waals surface area contributed by atoms with Crippen LogP contribution in [0.4, 0.5) is 0 Å². The number of aryl methyl sites for hydroxylation is 2. The molecule has 1 aromatic carbocycles. The van der Waals surface area contributed by atoms with E-state index in [-0.39, 0.29) is 29.1 Å². The van der Waals surface area contributed by atoms with Crippen LogP contribution in [0.5, 0.6) is 0 Å². The highest BCUT2D eigenvalue weighted by Gasteiger charge is 2.32. The summed E-state index contributed by atoms with van der Waals surface area (Å²) in [5, 5.41) is 4.68. The Hall–Kier alpha value is -2.45. The van der Waals surface area contributed by atoms with Crippen molar-refractivity contribution < 1.29 is 17.9 Å². The lowest BCUT2D eigenvalue weighted by atomic mass is 10.1. The molecule has 7 nitrogen and oxygen atoms in total. The largest absolute Gasteiger partial charge is 0.402 e. The van der Waals surface area contributed by atoms with Gasteiger partial charge in [0.15, 0.2) is 15.5 Å². The molecule has 9 heteroatoms. The number of carbonyl (C=O) groups excluding carboxylic acids is 1. The summed E-state index contributed by atoms with van der Waals surface area (Å²) in [6, 6.07) is 7.19. The average molecular weight is 420 g/mol. The van der Waals surface area contributed by atoms with Crippen molar-refractivity contribution in [1.82, 2.24) is 9.78 Å². The van der Waals surface area contributed by atoms with Crippen molar-refractivity contribution in [3.63, 3.8) is 0 Å². The second kappa shape index (κ2) is 6.86. The van der Waals surface area contributed by atoms with Gasteiger partial charge in [0.1, 0.15) is 5.15 Å². The maximum absolute atomic E-state index is 12.2. The van der Waals surface area contributed by atoms with Gasteiger partial charge in [0.2, 0.25) is 5.90 Å². The molecule has 1 fully saturated rings. The van der Waals surface area contributed by atoms with Crippen LogP contribution in [0, 0.1) is 13.8 Å². The summed E-state index contributed by atoms with van der Waals surface area (Å²) in [6.07, 6.45) is 2.01. The Kier molecular flexibility index (Phi) is 4.63. The first-order chi connectivity index (χ1) is 13.2. The first kappa shape index (κ1) is 18.9. The highest BCUT2D eigenvalue weighted by atomic mass is 35.5. The van der Waals surface area contributed by atoms with Crippen molar-refractivity contribution in [3.8, 4) is 0 Å². The summed E-state index contributed by atoms with van der Waals surface area (Å²) in [7, 11) is -3.07. The molecule has 146 valence electrons. The predicted molar refractivity (Wildman–Crippen MR) is 106 cm³/mol. The topological polar surface area (TPSA) is 90.6 Å². The summed E-state index contributed by atoms with van der Waals surface area (Å²) in [4.78, 5) is 16.5. The molecule has 0 spiro atoms. The minimum atomic E-state index is -3.07. The maximum atomic E-state index is 12.2. The molecule has 0 amide bonds. The highest BCUT2D eigenvalue weighted by molar-refractivity contribution is 7.91. The van der Waals surface area contributed by atoms with Crippen LogP contribution in [0.15, 0.2) is 35.0 Å². The molecule has 0 radical (unpaired) electrons. The molecule has 2 aliphatic heterocycles. The Morgan fingerprint density at radius 2 is 1.96 bits per heavy atom. The van der Waals surface area contributed by atoms with Gasteiger partial charge in [-0.2, -0.15) is 5.10 Å². The second-order valence-electron chi connectivity index (χ2n) is 6.99. The lowest BCUT2D eigenvalue weighted by molar-refractivity contribution is -0.129. The Morgan fingerprint density at radius 1 is 1.25 bits per heavy atom. The highest BCUT2D eigenvalue weighted by Crippen LogP contribution is 2.32. The molecular weight excluding hydrogens is 402 g/mol. The van der Waals surface area contributed by atoms with Gasteiger partial charge < -0.3 is 4.74 Å². The third-order valence-corrected chi connectivity index (χ3v) is 6.95. The van der Waals surface area contributed by atoms with Crippen LogP contribution in [0.2, 0.25) is 5.15 Å². The lowest BCUT2D eigenvalue weighted by Gasteiger charge is -2.09. The molecule has 2 aromatic rings. The molecule has 0 saturated carbocycles. The number of esters is 1. The van der Waals surface area contributed by atoms with Gasteiger partial charge in [-0.25, -0.2) is 22.9 Å². The number of carbonyl (C=O) groups is 1. The molecule has 4 rings (SSSR count). The molecular formula is C19H18ClN3O4S. The number of hydrogen-bond donors (Lipinski definition) is 0. The van der Waals surface area contributed by atoms with Crippen LogP contribution in [-0.2, 0) is 19.4 Å². The number of benzene rings is 1. The van der Waals surface area contributed by atoms with E-state index in [0.717, 1.165) is 5.56 Å². The maximum Gasteiger partial charge on any atom is 0.363 e. The van der Waals surface area contributed by atoms with E-state index >= 15 is 0 Å². The quantitative estimate of drug-likeness (QED) is 0.563. The number of sulfone groups is 1. The summed E-state index contributed by atoms with van der Waals surface area (Å²) in [5.41, 5.74) is 3.05. The van der Waals surface area contributed by atoms with Crippen LogP contribution >= 0.6 is 11.6 Å². The van der Waals surface area contributed by atoms with E-state index in [1.54, 1.807) is 6.92 Å². The number of aliphatic imine (C=N–C) groups is 1. The van der Waals surface area contributed by atoms with Gasteiger partial charge in [-0.05, 0) is 38.5 Å². The van der Waals surface area contributed by atoms with Gasteiger partial charge in [0.25, 0.3) is 0 Å². The predicted octanol–water partition coefficient (Wildman–Crippen LogP) is 2.86. The Labute approximate surface area is 167 Å². The van der Waals surface area contributed by atoms with E-state index in [1.807, 2.05) is 31.2 Å². The van der Waals surface area contributed by atoms with Crippen LogP contribution in [0.25, 0.3) is 6.08 Å². The minimum absolute atomic E-state index is 0.0155. The monoisotopic (exact) mass is 419 g/mol. The van der Waals surface area contributed by atoms with E-state index in [2.05, 4.69) is 10.1 Å². The lowest BCUT2D eigenvalue weighted by Crippen LogP contribution is -2.12. The van der Waals surface area contributed by atoms with Crippen molar-refractivity contribution in [2.45, 2.75) is 26.3 Å². The van der Waals surface area contributed by atoms with E-state index in [9.17, 15) is 13.2 Å². The van der Waals surface area contributed by atoms with Gasteiger partial charge in [0, 0.05) is 11.1 Å². The summed E-state index contributed by atoms with van der Waals surface area (Å²) >= 11 is 6.46.